The lowest BCUT2D eigenvalue weighted by molar-refractivity contribution is 0.111. The Labute approximate surface area is 72.6 Å². The molecule has 2 heteroatoms. The third-order valence-corrected chi connectivity index (χ3v) is 2.03. The van der Waals surface area contributed by atoms with Gasteiger partial charge in [0.2, 0.25) is 0 Å². The van der Waals surface area contributed by atoms with Gasteiger partial charge in [0, 0.05) is 5.69 Å². The van der Waals surface area contributed by atoms with Crippen molar-refractivity contribution in [2.24, 2.45) is 0 Å². The maximum absolute atomic E-state index is 10.4. The van der Waals surface area contributed by atoms with Crippen LogP contribution in [0.25, 0.3) is 0 Å². The monoisotopic (exact) mass is 163 g/mol. The zero-order chi connectivity index (χ0) is 8.97. The van der Waals surface area contributed by atoms with Crippen LogP contribution in [-0.2, 0) is 0 Å². The SMILES string of the molecule is CCC(C)c1cccc(C=O)n1. The summed E-state index contributed by atoms with van der Waals surface area (Å²) in [4.78, 5) is 14.6. The highest BCUT2D eigenvalue weighted by molar-refractivity contribution is 5.71. The first-order valence-electron chi connectivity index (χ1n) is 4.20. The predicted octanol–water partition coefficient (Wildman–Crippen LogP) is 2.41. The van der Waals surface area contributed by atoms with E-state index in [4.69, 9.17) is 0 Å². The normalized spacial score (nSPS) is 12.5. The van der Waals surface area contributed by atoms with Crippen LogP contribution in [0.15, 0.2) is 18.2 Å². The van der Waals surface area contributed by atoms with Crippen LogP contribution in [0, 0.1) is 0 Å². The van der Waals surface area contributed by atoms with E-state index < -0.39 is 0 Å². The van der Waals surface area contributed by atoms with Gasteiger partial charge in [-0.05, 0) is 24.5 Å². The molecule has 2 nitrogen and oxygen atoms in total. The van der Waals surface area contributed by atoms with E-state index in [1.165, 1.54) is 0 Å². The Morgan fingerprint density at radius 1 is 1.58 bits per heavy atom. The van der Waals surface area contributed by atoms with Crippen LogP contribution >= 0.6 is 0 Å². The number of carbonyl (C=O) groups excluding carboxylic acids is 1. The largest absolute Gasteiger partial charge is 0.296 e. The van der Waals surface area contributed by atoms with E-state index in [-0.39, 0.29) is 0 Å². The fourth-order valence-electron chi connectivity index (χ4n) is 1.02. The molecule has 0 bridgehead atoms. The van der Waals surface area contributed by atoms with Crippen molar-refractivity contribution < 1.29 is 4.79 Å². The van der Waals surface area contributed by atoms with Crippen LogP contribution in [0.1, 0.15) is 42.4 Å². The Bertz CT molecular complexity index is 270. The molecule has 1 unspecified atom stereocenters. The molecule has 1 aromatic rings. The molecular weight excluding hydrogens is 150 g/mol. The van der Waals surface area contributed by atoms with Crippen molar-refractivity contribution in [3.63, 3.8) is 0 Å². The van der Waals surface area contributed by atoms with Gasteiger partial charge in [-0.15, -0.1) is 0 Å². The van der Waals surface area contributed by atoms with Gasteiger partial charge in [0.25, 0.3) is 0 Å². The summed E-state index contributed by atoms with van der Waals surface area (Å²) < 4.78 is 0. The molecule has 0 saturated carbocycles. The Kier molecular flexibility index (Phi) is 2.97. The molecule has 0 saturated heterocycles. The summed E-state index contributed by atoms with van der Waals surface area (Å²) in [5.41, 5.74) is 1.52. The summed E-state index contributed by atoms with van der Waals surface area (Å²) in [6.45, 7) is 4.22. The molecule has 0 aliphatic heterocycles. The second-order valence-corrected chi connectivity index (χ2v) is 2.91. The zero-order valence-corrected chi connectivity index (χ0v) is 7.45. The van der Waals surface area contributed by atoms with Crippen molar-refractivity contribution in [2.75, 3.05) is 0 Å². The Morgan fingerprint density at radius 3 is 2.92 bits per heavy atom. The third kappa shape index (κ3) is 1.91. The minimum Gasteiger partial charge on any atom is -0.296 e. The number of hydrogen-bond donors (Lipinski definition) is 0. The van der Waals surface area contributed by atoms with Crippen LogP contribution in [0.2, 0.25) is 0 Å². The Balaban J connectivity index is 2.93. The van der Waals surface area contributed by atoms with Crippen LogP contribution in [0.4, 0.5) is 0 Å². The Hall–Kier alpha value is -1.18. The summed E-state index contributed by atoms with van der Waals surface area (Å²) in [5, 5.41) is 0. The first-order valence-corrected chi connectivity index (χ1v) is 4.20. The lowest BCUT2D eigenvalue weighted by Crippen LogP contribution is -1.97. The maximum Gasteiger partial charge on any atom is 0.168 e. The van der Waals surface area contributed by atoms with Crippen LogP contribution in [0.5, 0.6) is 0 Å². The second-order valence-electron chi connectivity index (χ2n) is 2.91. The second kappa shape index (κ2) is 4.00. The maximum atomic E-state index is 10.4. The van der Waals surface area contributed by atoms with Crippen molar-refractivity contribution >= 4 is 6.29 Å². The molecule has 64 valence electrons. The highest BCUT2D eigenvalue weighted by Crippen LogP contribution is 2.15. The van der Waals surface area contributed by atoms with E-state index in [0.29, 0.717) is 11.6 Å². The van der Waals surface area contributed by atoms with Crippen LogP contribution in [-0.4, -0.2) is 11.3 Å². The van der Waals surface area contributed by atoms with Gasteiger partial charge in [0.15, 0.2) is 6.29 Å². The van der Waals surface area contributed by atoms with E-state index in [1.807, 2.05) is 12.1 Å². The molecule has 0 spiro atoms. The first kappa shape index (κ1) is 8.91. The molecule has 1 rings (SSSR count). The number of hydrogen-bond acceptors (Lipinski definition) is 2. The summed E-state index contributed by atoms with van der Waals surface area (Å²) in [6.07, 6.45) is 1.83. The number of pyridine rings is 1. The summed E-state index contributed by atoms with van der Waals surface area (Å²) >= 11 is 0. The zero-order valence-electron chi connectivity index (χ0n) is 7.45. The van der Waals surface area contributed by atoms with Crippen LogP contribution in [0.3, 0.4) is 0 Å². The summed E-state index contributed by atoms with van der Waals surface area (Å²) in [6, 6.07) is 5.55. The lowest BCUT2D eigenvalue weighted by Gasteiger charge is -2.06. The molecule has 1 aromatic heterocycles. The quantitative estimate of drug-likeness (QED) is 0.640. The Morgan fingerprint density at radius 2 is 2.33 bits per heavy atom. The molecule has 1 heterocycles. The van der Waals surface area contributed by atoms with Crippen molar-refractivity contribution in [3.05, 3.63) is 29.6 Å². The standard InChI is InChI=1S/C10H13NO/c1-3-8(2)10-6-4-5-9(7-12)11-10/h4-8H,3H2,1-2H3. The fourth-order valence-corrected chi connectivity index (χ4v) is 1.02. The lowest BCUT2D eigenvalue weighted by atomic mass is 10.0. The molecule has 0 fully saturated rings. The third-order valence-electron chi connectivity index (χ3n) is 2.03. The molecule has 0 aromatic carbocycles. The fraction of sp³-hybridized carbons (Fsp3) is 0.400. The number of carbonyl (C=O) groups is 1. The van der Waals surface area contributed by atoms with E-state index in [2.05, 4.69) is 18.8 Å². The molecule has 0 amide bonds. The average Bonchev–Trinajstić information content (AvgIpc) is 2.17. The van der Waals surface area contributed by atoms with Crippen LogP contribution < -0.4 is 0 Å². The highest BCUT2D eigenvalue weighted by atomic mass is 16.1. The smallest absolute Gasteiger partial charge is 0.168 e. The van der Waals surface area contributed by atoms with Crippen molar-refractivity contribution in [2.45, 2.75) is 26.2 Å². The van der Waals surface area contributed by atoms with Gasteiger partial charge in [0.05, 0.1) is 0 Å². The van der Waals surface area contributed by atoms with Gasteiger partial charge in [-0.2, -0.15) is 0 Å². The van der Waals surface area contributed by atoms with Crippen molar-refractivity contribution in [1.82, 2.24) is 4.98 Å². The van der Waals surface area contributed by atoms with Gasteiger partial charge in [-0.25, -0.2) is 4.98 Å². The molecular formula is C10H13NO. The van der Waals surface area contributed by atoms with Gasteiger partial charge in [0.1, 0.15) is 5.69 Å². The van der Waals surface area contributed by atoms with Gasteiger partial charge in [-0.3, -0.25) is 4.79 Å². The minimum absolute atomic E-state index is 0.435. The van der Waals surface area contributed by atoms with E-state index in [9.17, 15) is 4.79 Å². The predicted molar refractivity (Wildman–Crippen MR) is 48.3 cm³/mol. The number of rotatable bonds is 3. The molecule has 0 N–H and O–H groups in total. The first-order chi connectivity index (χ1) is 5.77. The van der Waals surface area contributed by atoms with E-state index >= 15 is 0 Å². The molecule has 0 aliphatic rings. The molecule has 1 atom stereocenters. The highest BCUT2D eigenvalue weighted by Gasteiger charge is 2.03. The summed E-state index contributed by atoms with van der Waals surface area (Å²) in [5.74, 6) is 0.435. The molecule has 12 heavy (non-hydrogen) atoms. The average molecular weight is 163 g/mol. The molecule has 0 aliphatic carbocycles. The van der Waals surface area contributed by atoms with Crippen molar-refractivity contribution in [3.8, 4) is 0 Å². The van der Waals surface area contributed by atoms with Gasteiger partial charge < -0.3 is 0 Å². The number of aldehydes is 1. The van der Waals surface area contributed by atoms with Gasteiger partial charge >= 0.3 is 0 Å². The van der Waals surface area contributed by atoms with E-state index in [1.54, 1.807) is 6.07 Å². The van der Waals surface area contributed by atoms with E-state index in [0.717, 1.165) is 18.4 Å². The number of nitrogens with zero attached hydrogens (tertiary/aromatic N) is 1. The minimum atomic E-state index is 0.435. The molecule has 0 radical (unpaired) electrons. The van der Waals surface area contributed by atoms with Crippen molar-refractivity contribution in [1.29, 1.82) is 0 Å². The number of aromatic nitrogens is 1. The summed E-state index contributed by atoms with van der Waals surface area (Å²) in [7, 11) is 0. The topological polar surface area (TPSA) is 30.0 Å². The van der Waals surface area contributed by atoms with Gasteiger partial charge in [-0.1, -0.05) is 19.9 Å².